The van der Waals surface area contributed by atoms with E-state index in [0.717, 1.165) is 24.4 Å². The fraction of sp³-hybridized carbons (Fsp3) is 0.500. The zero-order chi connectivity index (χ0) is 13.8. The standard InChI is InChI=1S/C14H18N2O2S/c1-15(2)12-5-6-16(9-12)14(18)11-8-13(19-10-11)4-3-7-17/h8,10,12,17H,5-7,9H2,1-2H3. The highest BCUT2D eigenvalue weighted by molar-refractivity contribution is 7.10. The molecular weight excluding hydrogens is 260 g/mol. The van der Waals surface area contributed by atoms with Crippen molar-refractivity contribution in [1.29, 1.82) is 0 Å². The quantitative estimate of drug-likeness (QED) is 0.816. The van der Waals surface area contributed by atoms with Crippen molar-refractivity contribution in [2.75, 3.05) is 33.8 Å². The fourth-order valence-corrected chi connectivity index (χ4v) is 2.92. The Balaban J connectivity index is 2.02. The first-order valence-corrected chi connectivity index (χ1v) is 7.13. The number of carbonyl (C=O) groups is 1. The van der Waals surface area contributed by atoms with Crippen LogP contribution in [-0.2, 0) is 0 Å². The molecule has 1 amide bonds. The van der Waals surface area contributed by atoms with Gasteiger partial charge >= 0.3 is 0 Å². The summed E-state index contributed by atoms with van der Waals surface area (Å²) in [7, 11) is 4.09. The van der Waals surface area contributed by atoms with Crippen LogP contribution in [0.25, 0.3) is 0 Å². The number of hydrogen-bond donors (Lipinski definition) is 1. The Labute approximate surface area is 117 Å². The molecule has 0 radical (unpaired) electrons. The first kappa shape index (κ1) is 14.1. The van der Waals surface area contributed by atoms with Gasteiger partial charge in [-0.1, -0.05) is 11.8 Å². The molecule has 1 saturated heterocycles. The van der Waals surface area contributed by atoms with Gasteiger partial charge in [0.2, 0.25) is 0 Å². The van der Waals surface area contributed by atoms with E-state index in [0.29, 0.717) is 11.6 Å². The molecule has 19 heavy (non-hydrogen) atoms. The second kappa shape index (κ2) is 6.20. The maximum absolute atomic E-state index is 12.3. The van der Waals surface area contributed by atoms with Crippen molar-refractivity contribution in [2.45, 2.75) is 12.5 Å². The summed E-state index contributed by atoms with van der Waals surface area (Å²) in [6.45, 7) is 1.45. The van der Waals surface area contributed by atoms with Crippen LogP contribution in [0.4, 0.5) is 0 Å². The van der Waals surface area contributed by atoms with Crippen LogP contribution in [0.15, 0.2) is 11.4 Å². The van der Waals surface area contributed by atoms with Gasteiger partial charge in [0.1, 0.15) is 6.61 Å². The van der Waals surface area contributed by atoms with E-state index in [1.54, 1.807) is 6.07 Å². The van der Waals surface area contributed by atoms with Crippen molar-refractivity contribution in [2.24, 2.45) is 0 Å². The summed E-state index contributed by atoms with van der Waals surface area (Å²) in [5, 5.41) is 10.5. The molecule has 1 aromatic rings. The summed E-state index contributed by atoms with van der Waals surface area (Å²) < 4.78 is 0. The van der Waals surface area contributed by atoms with Crippen LogP contribution < -0.4 is 0 Å². The molecule has 2 rings (SSSR count). The van der Waals surface area contributed by atoms with Crippen LogP contribution in [0.2, 0.25) is 0 Å². The molecule has 0 bridgehead atoms. The Kier molecular flexibility index (Phi) is 4.59. The number of amides is 1. The summed E-state index contributed by atoms with van der Waals surface area (Å²) in [6.07, 6.45) is 1.03. The first-order valence-electron chi connectivity index (χ1n) is 6.25. The average molecular weight is 278 g/mol. The molecular formula is C14H18N2O2S. The van der Waals surface area contributed by atoms with Gasteiger partial charge in [0.25, 0.3) is 5.91 Å². The topological polar surface area (TPSA) is 43.8 Å². The number of likely N-dealkylation sites (tertiary alicyclic amines) is 1. The second-order valence-electron chi connectivity index (χ2n) is 4.82. The van der Waals surface area contributed by atoms with E-state index < -0.39 is 0 Å². The van der Waals surface area contributed by atoms with E-state index in [2.05, 4.69) is 16.7 Å². The van der Waals surface area contributed by atoms with E-state index in [1.165, 1.54) is 11.3 Å². The van der Waals surface area contributed by atoms with Crippen LogP contribution in [0.1, 0.15) is 21.7 Å². The number of carbonyl (C=O) groups excluding carboxylic acids is 1. The fourth-order valence-electron chi connectivity index (χ4n) is 2.17. The van der Waals surface area contributed by atoms with E-state index in [1.807, 2.05) is 24.4 Å². The van der Waals surface area contributed by atoms with Crippen molar-refractivity contribution in [3.63, 3.8) is 0 Å². The van der Waals surface area contributed by atoms with Gasteiger partial charge < -0.3 is 14.9 Å². The molecule has 0 aliphatic carbocycles. The molecule has 1 aliphatic rings. The van der Waals surface area contributed by atoms with Crippen molar-refractivity contribution >= 4 is 17.2 Å². The minimum absolute atomic E-state index is 0.0812. The van der Waals surface area contributed by atoms with E-state index in [-0.39, 0.29) is 12.5 Å². The van der Waals surface area contributed by atoms with Gasteiger partial charge in [-0.05, 0) is 26.6 Å². The van der Waals surface area contributed by atoms with Crippen molar-refractivity contribution < 1.29 is 9.90 Å². The van der Waals surface area contributed by atoms with E-state index in [9.17, 15) is 4.79 Å². The number of hydrogen-bond acceptors (Lipinski definition) is 4. The van der Waals surface area contributed by atoms with Gasteiger partial charge in [-0.15, -0.1) is 11.3 Å². The third kappa shape index (κ3) is 3.35. The summed E-state index contributed by atoms with van der Waals surface area (Å²) >= 11 is 1.44. The molecule has 0 spiro atoms. The summed E-state index contributed by atoms with van der Waals surface area (Å²) in [5.41, 5.74) is 0.701. The molecule has 1 atom stereocenters. The average Bonchev–Trinajstić information content (AvgIpc) is 3.04. The number of thiophene rings is 1. The van der Waals surface area contributed by atoms with Gasteiger partial charge in [0.15, 0.2) is 0 Å². The highest BCUT2D eigenvalue weighted by Gasteiger charge is 2.28. The molecule has 1 aliphatic heterocycles. The van der Waals surface area contributed by atoms with Crippen molar-refractivity contribution in [1.82, 2.24) is 9.80 Å². The van der Waals surface area contributed by atoms with Crippen molar-refractivity contribution in [3.8, 4) is 11.8 Å². The Hall–Kier alpha value is -1.35. The summed E-state index contributed by atoms with van der Waals surface area (Å²) in [5.74, 6) is 5.50. The number of rotatable bonds is 2. The zero-order valence-corrected chi connectivity index (χ0v) is 12.0. The third-order valence-corrected chi connectivity index (χ3v) is 4.16. The van der Waals surface area contributed by atoms with E-state index in [4.69, 9.17) is 5.11 Å². The molecule has 1 aromatic heterocycles. The molecule has 0 saturated carbocycles. The Morgan fingerprint density at radius 1 is 1.63 bits per heavy atom. The lowest BCUT2D eigenvalue weighted by molar-refractivity contribution is 0.0783. The lowest BCUT2D eigenvalue weighted by Crippen LogP contribution is -2.34. The Morgan fingerprint density at radius 3 is 3.05 bits per heavy atom. The van der Waals surface area contributed by atoms with Crippen LogP contribution in [-0.4, -0.2) is 60.6 Å². The zero-order valence-electron chi connectivity index (χ0n) is 11.2. The third-order valence-electron chi connectivity index (χ3n) is 3.32. The number of aliphatic hydroxyl groups excluding tert-OH is 1. The molecule has 102 valence electrons. The minimum Gasteiger partial charge on any atom is -0.384 e. The van der Waals surface area contributed by atoms with Crippen LogP contribution in [0, 0.1) is 11.8 Å². The minimum atomic E-state index is -0.155. The first-order chi connectivity index (χ1) is 9.11. The van der Waals surface area contributed by atoms with Gasteiger partial charge in [0, 0.05) is 24.5 Å². The summed E-state index contributed by atoms with van der Waals surface area (Å²) in [4.78, 5) is 17.2. The molecule has 1 unspecified atom stereocenters. The maximum Gasteiger partial charge on any atom is 0.254 e. The molecule has 1 N–H and O–H groups in total. The number of aliphatic hydroxyl groups is 1. The Morgan fingerprint density at radius 2 is 2.42 bits per heavy atom. The predicted octanol–water partition coefficient (Wildman–Crippen LogP) is 0.868. The number of nitrogens with zero attached hydrogens (tertiary/aromatic N) is 2. The predicted molar refractivity (Wildman–Crippen MR) is 76.3 cm³/mol. The normalized spacial score (nSPS) is 18.5. The van der Waals surface area contributed by atoms with Gasteiger partial charge in [0.05, 0.1) is 10.4 Å². The number of likely N-dealkylation sites (N-methyl/N-ethyl adjacent to an activating group) is 1. The van der Waals surface area contributed by atoms with Crippen LogP contribution in [0.3, 0.4) is 0 Å². The second-order valence-corrected chi connectivity index (χ2v) is 5.73. The maximum atomic E-state index is 12.3. The largest absolute Gasteiger partial charge is 0.384 e. The lowest BCUT2D eigenvalue weighted by Gasteiger charge is -2.20. The highest BCUT2D eigenvalue weighted by atomic mass is 32.1. The van der Waals surface area contributed by atoms with Gasteiger partial charge in [-0.3, -0.25) is 4.79 Å². The Bertz CT molecular complexity index is 513. The lowest BCUT2D eigenvalue weighted by atomic mass is 10.2. The smallest absolute Gasteiger partial charge is 0.254 e. The monoisotopic (exact) mass is 278 g/mol. The molecule has 5 heteroatoms. The molecule has 4 nitrogen and oxygen atoms in total. The molecule has 2 heterocycles. The van der Waals surface area contributed by atoms with Gasteiger partial charge in [-0.25, -0.2) is 0 Å². The highest BCUT2D eigenvalue weighted by Crippen LogP contribution is 2.20. The molecule has 1 fully saturated rings. The van der Waals surface area contributed by atoms with Crippen LogP contribution >= 0.6 is 11.3 Å². The SMILES string of the molecule is CN(C)C1CCN(C(=O)c2csc(C#CCO)c2)C1. The van der Waals surface area contributed by atoms with Crippen LogP contribution in [0.5, 0.6) is 0 Å². The molecule has 0 aromatic carbocycles. The summed E-state index contributed by atoms with van der Waals surface area (Å²) in [6, 6.07) is 2.26. The van der Waals surface area contributed by atoms with E-state index >= 15 is 0 Å². The van der Waals surface area contributed by atoms with Gasteiger partial charge in [-0.2, -0.15) is 0 Å². The van der Waals surface area contributed by atoms with Crippen molar-refractivity contribution in [3.05, 3.63) is 21.9 Å².